The monoisotopic (exact) mass is 700 g/mol. The number of rotatable bonds is 11. The molecule has 0 radical (unpaired) electrons. The molecular weight excluding hydrogens is 649 g/mol. The van der Waals surface area contributed by atoms with E-state index in [2.05, 4.69) is 83.0 Å². The van der Waals surface area contributed by atoms with Gasteiger partial charge >= 0.3 is 6.09 Å². The number of carbonyl (C=O) groups is 2. The fraction of sp³-hybridized carbons (Fsp3) is 0.385. The first kappa shape index (κ1) is 39.8. The number of allylic oxidation sites excluding steroid dienone is 1. The van der Waals surface area contributed by atoms with Crippen LogP contribution >= 0.6 is 11.8 Å². The minimum atomic E-state index is -0.354. The summed E-state index contributed by atoms with van der Waals surface area (Å²) < 4.78 is 10.5. The fourth-order valence-electron chi connectivity index (χ4n) is 4.75. The number of nitrogens with one attached hydrogen (secondary N) is 3. The predicted molar refractivity (Wildman–Crippen MR) is 208 cm³/mol. The Kier molecular flexibility index (Phi) is 17.7. The van der Waals surface area contributed by atoms with Gasteiger partial charge in [0.25, 0.3) is 0 Å². The van der Waals surface area contributed by atoms with Crippen LogP contribution in [0.1, 0.15) is 57.4 Å². The molecule has 2 amide bonds. The number of amides is 2. The van der Waals surface area contributed by atoms with Gasteiger partial charge in [-0.25, -0.2) is 9.79 Å². The maximum absolute atomic E-state index is 11.3. The van der Waals surface area contributed by atoms with Crippen LogP contribution in [0.25, 0.3) is 0 Å². The first-order valence-corrected chi connectivity index (χ1v) is 18.0. The van der Waals surface area contributed by atoms with E-state index < -0.39 is 0 Å². The number of aliphatic imine (C=N–C) groups is 1. The summed E-state index contributed by atoms with van der Waals surface area (Å²) in [7, 11) is 0. The number of thioether (sulfide) groups is 1. The Labute approximate surface area is 301 Å². The number of carbonyl (C=O) groups excluding carboxylic acids is 2. The van der Waals surface area contributed by atoms with Crippen LogP contribution in [0.5, 0.6) is 0 Å². The van der Waals surface area contributed by atoms with Gasteiger partial charge in [0.1, 0.15) is 6.61 Å². The van der Waals surface area contributed by atoms with Gasteiger partial charge in [-0.3, -0.25) is 4.79 Å². The molecular formula is C39H52N6O4S. The zero-order valence-electron chi connectivity index (χ0n) is 29.9. The van der Waals surface area contributed by atoms with Gasteiger partial charge in [-0.05, 0) is 79.9 Å². The van der Waals surface area contributed by atoms with E-state index in [1.165, 1.54) is 17.5 Å². The Hall–Kier alpha value is -4.61. The summed E-state index contributed by atoms with van der Waals surface area (Å²) in [5, 5.41) is 12.8. The van der Waals surface area contributed by atoms with Crippen LogP contribution in [0.3, 0.4) is 0 Å². The van der Waals surface area contributed by atoms with Gasteiger partial charge in [0, 0.05) is 43.3 Å². The van der Waals surface area contributed by atoms with Crippen molar-refractivity contribution in [3.8, 4) is 0 Å². The molecule has 268 valence electrons. The van der Waals surface area contributed by atoms with E-state index in [1.54, 1.807) is 18.7 Å². The number of nitrogens with zero attached hydrogens (tertiary/aromatic N) is 3. The lowest BCUT2D eigenvalue weighted by molar-refractivity contribution is -0.105. The summed E-state index contributed by atoms with van der Waals surface area (Å²) >= 11 is 1.78. The van der Waals surface area contributed by atoms with Crippen LogP contribution < -0.4 is 15.5 Å². The zero-order valence-corrected chi connectivity index (χ0v) is 30.7. The maximum atomic E-state index is 11.3. The number of ether oxygens (including phenoxy) is 2. The highest BCUT2D eigenvalue weighted by Crippen LogP contribution is 2.40. The molecule has 1 unspecified atom stereocenters. The average molecular weight is 701 g/mol. The second kappa shape index (κ2) is 22.2. The smallest absolute Gasteiger partial charge is 0.407 e. The number of morpholine rings is 1. The minimum absolute atomic E-state index is 0.160. The number of hydrogen-bond donors (Lipinski definition) is 3. The third-order valence-corrected chi connectivity index (χ3v) is 8.90. The largest absolute Gasteiger partial charge is 0.445 e. The first-order valence-electron chi connectivity index (χ1n) is 17.1. The highest BCUT2D eigenvalue weighted by Gasteiger charge is 2.29. The summed E-state index contributed by atoms with van der Waals surface area (Å²) in [5.41, 5.74) is 5.20. The molecule has 3 N–H and O–H groups in total. The van der Waals surface area contributed by atoms with E-state index in [9.17, 15) is 9.59 Å². The molecule has 2 fully saturated rings. The summed E-state index contributed by atoms with van der Waals surface area (Å²) in [6.45, 7) is 14.6. The highest BCUT2D eigenvalue weighted by atomic mass is 32.2. The van der Waals surface area contributed by atoms with Crippen molar-refractivity contribution in [1.29, 1.82) is 5.41 Å². The van der Waals surface area contributed by atoms with Gasteiger partial charge in [-0.1, -0.05) is 81.1 Å². The molecule has 0 bridgehead atoms. The van der Waals surface area contributed by atoms with E-state index >= 15 is 0 Å². The lowest BCUT2D eigenvalue weighted by atomic mass is 10.1. The molecule has 2 heterocycles. The van der Waals surface area contributed by atoms with E-state index in [1.807, 2.05) is 56.3 Å². The molecule has 11 heteroatoms. The van der Waals surface area contributed by atoms with Crippen LogP contribution in [0.2, 0.25) is 0 Å². The molecule has 3 aromatic rings. The van der Waals surface area contributed by atoms with Crippen molar-refractivity contribution in [2.24, 2.45) is 10.9 Å². The zero-order chi connectivity index (χ0) is 36.1. The number of hydrogen-bond acceptors (Lipinski definition) is 8. The third kappa shape index (κ3) is 14.1. The maximum Gasteiger partial charge on any atom is 0.407 e. The number of amidine groups is 1. The number of alkyl carbamates (subject to hydrolysis) is 1. The molecule has 0 aromatic heterocycles. The van der Waals surface area contributed by atoms with Gasteiger partial charge in [-0.2, -0.15) is 0 Å². The molecule has 0 aliphatic carbocycles. The molecule has 5 rings (SSSR count). The second-order valence-electron chi connectivity index (χ2n) is 12.0. The fourth-order valence-corrected chi connectivity index (χ4v) is 5.97. The van der Waals surface area contributed by atoms with E-state index in [-0.39, 0.29) is 17.4 Å². The molecule has 2 aliphatic rings. The van der Waals surface area contributed by atoms with Crippen molar-refractivity contribution in [3.05, 3.63) is 102 Å². The van der Waals surface area contributed by atoms with E-state index in [4.69, 9.17) is 19.9 Å². The normalized spacial score (nSPS) is 16.9. The van der Waals surface area contributed by atoms with Gasteiger partial charge < -0.3 is 35.3 Å². The Balaban J connectivity index is 0.000000314. The molecule has 2 atom stereocenters. The predicted octanol–water partition coefficient (Wildman–Crippen LogP) is 8.41. The second-order valence-corrected chi connectivity index (χ2v) is 13.2. The first-order chi connectivity index (χ1) is 24.3. The van der Waals surface area contributed by atoms with Crippen LogP contribution in [-0.4, -0.2) is 67.7 Å². The van der Waals surface area contributed by atoms with Gasteiger partial charge in [-0.15, -0.1) is 0 Å². The minimum Gasteiger partial charge on any atom is -0.445 e. The summed E-state index contributed by atoms with van der Waals surface area (Å²) in [4.78, 5) is 31.5. The van der Waals surface area contributed by atoms with Gasteiger partial charge in [0.2, 0.25) is 6.41 Å². The molecule has 0 saturated carbocycles. The lowest BCUT2D eigenvalue weighted by Crippen LogP contribution is -2.36. The summed E-state index contributed by atoms with van der Waals surface area (Å²) in [5.74, 6) is 0.474. The summed E-state index contributed by atoms with van der Waals surface area (Å²) in [6, 6.07) is 26.3. The highest BCUT2D eigenvalue weighted by molar-refractivity contribution is 8.14. The van der Waals surface area contributed by atoms with Crippen molar-refractivity contribution in [2.75, 3.05) is 43.1 Å². The molecule has 50 heavy (non-hydrogen) atoms. The van der Waals surface area contributed by atoms with Crippen LogP contribution in [-0.2, 0) is 20.9 Å². The van der Waals surface area contributed by atoms with Crippen molar-refractivity contribution in [2.45, 2.75) is 58.9 Å². The number of benzene rings is 3. The summed E-state index contributed by atoms with van der Waals surface area (Å²) in [6.07, 6.45) is 6.86. The van der Waals surface area contributed by atoms with Crippen molar-refractivity contribution < 1.29 is 19.1 Å². The molecule has 2 saturated heterocycles. The quantitative estimate of drug-likeness (QED) is 0.136. The van der Waals surface area contributed by atoms with Crippen LogP contribution in [0.15, 0.2) is 96.1 Å². The molecule has 2 aliphatic heterocycles. The Morgan fingerprint density at radius 2 is 1.70 bits per heavy atom. The number of anilines is 2. The van der Waals surface area contributed by atoms with Gasteiger partial charge in [0.05, 0.1) is 24.2 Å². The molecule has 10 nitrogen and oxygen atoms in total. The van der Waals surface area contributed by atoms with Crippen molar-refractivity contribution in [3.63, 3.8) is 0 Å². The van der Waals surface area contributed by atoms with Crippen molar-refractivity contribution in [1.82, 2.24) is 10.2 Å². The Morgan fingerprint density at radius 3 is 2.30 bits per heavy atom. The molecule has 3 aromatic carbocycles. The van der Waals surface area contributed by atoms with E-state index in [0.29, 0.717) is 18.9 Å². The lowest BCUT2D eigenvalue weighted by Gasteiger charge is -2.28. The van der Waals surface area contributed by atoms with Crippen LogP contribution in [0, 0.1) is 11.3 Å². The third-order valence-electron chi connectivity index (χ3n) is 7.65. The average Bonchev–Trinajstić information content (AvgIpc) is 3.54. The Bertz CT molecular complexity index is 1490. The van der Waals surface area contributed by atoms with Gasteiger partial charge in [0.15, 0.2) is 5.17 Å². The SMILES string of the molecule is CC(C)/C=C/N1CC(c2ccc(NC=O)cc2)SC1=Nc1ccc(N2CCOCC2)cc1.CC=N.CC[C@H](C)NC(=O)OCc1ccccc1. The standard InChI is InChI=1S/C25H30N4O2S.C12H17NO2.C2H5N/c1-19(2)11-12-29-17-24(20-3-5-21(6-4-20)26-18-30)32-25(29)27-22-7-9-23(10-8-22)28-13-15-31-16-14-28;1-3-10(2)13-12(14)15-9-11-7-5-4-6-8-11;1-2-3/h3-12,18-19,24H,13-17H2,1-2H3,(H,26,30);4-8,10H,3,9H2,1-2H3,(H,13,14);2-3H,1H3/b12-11+,27-25?;;/t;10-;/m.0./s1. The van der Waals surface area contributed by atoms with Crippen LogP contribution in [0.4, 0.5) is 21.9 Å². The van der Waals surface area contributed by atoms with E-state index in [0.717, 1.165) is 61.4 Å². The Morgan fingerprint density at radius 1 is 1.04 bits per heavy atom. The molecule has 0 spiro atoms. The topological polar surface area (TPSA) is 119 Å². The van der Waals surface area contributed by atoms with Crippen molar-refractivity contribution >= 4 is 52.7 Å².